The number of nitrogens with one attached hydrogen (secondary N) is 1. The highest BCUT2D eigenvalue weighted by Crippen LogP contribution is 2.27. The summed E-state index contributed by atoms with van der Waals surface area (Å²) in [4.78, 5) is 10.1. The van der Waals surface area contributed by atoms with E-state index in [0.29, 0.717) is 12.0 Å². The molecule has 0 radical (unpaired) electrons. The van der Waals surface area contributed by atoms with E-state index in [1.54, 1.807) is 0 Å². The van der Waals surface area contributed by atoms with Gasteiger partial charge in [0.05, 0.1) is 4.92 Å². The number of aryl methyl sites for hydroxylation is 1. The number of nitrogens with two attached hydrogens (primary N) is 1. The van der Waals surface area contributed by atoms with Crippen LogP contribution in [0.3, 0.4) is 0 Å². The zero-order valence-corrected chi connectivity index (χ0v) is 14.2. The standard InChI is InChI=1S/C13H21N3O4S.ClH/c1-3-4-7-11(9-14)15-21(19,20)13-10(2)6-5-8-12(13)16(17)18;/h5-6,8,11,15H,3-4,7,9,14H2,1-2H3;1H. The Morgan fingerprint density at radius 3 is 2.55 bits per heavy atom. The third-order valence-corrected chi connectivity index (χ3v) is 4.88. The van der Waals surface area contributed by atoms with Gasteiger partial charge in [-0.25, -0.2) is 13.1 Å². The van der Waals surface area contributed by atoms with Crippen LogP contribution in [-0.4, -0.2) is 25.9 Å². The lowest BCUT2D eigenvalue weighted by Crippen LogP contribution is -2.40. The van der Waals surface area contributed by atoms with E-state index in [1.807, 2.05) is 6.92 Å². The molecule has 0 aliphatic carbocycles. The van der Waals surface area contributed by atoms with Crippen molar-refractivity contribution in [2.24, 2.45) is 5.73 Å². The molecular formula is C13H22ClN3O4S. The van der Waals surface area contributed by atoms with E-state index in [4.69, 9.17) is 5.73 Å². The highest BCUT2D eigenvalue weighted by atomic mass is 35.5. The number of nitro benzene ring substituents is 1. The summed E-state index contributed by atoms with van der Waals surface area (Å²) in [6, 6.07) is 3.76. The molecule has 1 aromatic carbocycles. The highest BCUT2D eigenvalue weighted by Gasteiger charge is 2.29. The van der Waals surface area contributed by atoms with Gasteiger partial charge in [0.15, 0.2) is 4.90 Å². The van der Waals surface area contributed by atoms with Crippen molar-refractivity contribution in [3.63, 3.8) is 0 Å². The zero-order chi connectivity index (χ0) is 16.0. The number of nitro groups is 1. The van der Waals surface area contributed by atoms with Gasteiger partial charge in [-0.15, -0.1) is 12.4 Å². The van der Waals surface area contributed by atoms with Crippen LogP contribution in [0, 0.1) is 17.0 Å². The molecule has 0 fully saturated rings. The molecule has 0 saturated carbocycles. The molecule has 126 valence electrons. The van der Waals surface area contributed by atoms with Gasteiger partial charge in [0.25, 0.3) is 5.69 Å². The van der Waals surface area contributed by atoms with E-state index in [1.165, 1.54) is 25.1 Å². The third kappa shape index (κ3) is 5.20. The van der Waals surface area contributed by atoms with Gasteiger partial charge in [0, 0.05) is 18.7 Å². The second kappa shape index (κ2) is 9.04. The molecule has 1 rings (SSSR count). The van der Waals surface area contributed by atoms with Crippen LogP contribution in [0.5, 0.6) is 0 Å². The maximum atomic E-state index is 12.4. The van der Waals surface area contributed by atoms with Crippen LogP contribution in [0.25, 0.3) is 0 Å². The number of unbranched alkanes of at least 4 members (excludes halogenated alkanes) is 1. The van der Waals surface area contributed by atoms with Gasteiger partial charge in [-0.1, -0.05) is 31.9 Å². The fourth-order valence-corrected chi connectivity index (χ4v) is 3.76. The van der Waals surface area contributed by atoms with Crippen molar-refractivity contribution >= 4 is 28.1 Å². The maximum Gasteiger partial charge on any atom is 0.289 e. The van der Waals surface area contributed by atoms with Crippen molar-refractivity contribution in [3.8, 4) is 0 Å². The maximum absolute atomic E-state index is 12.4. The van der Waals surface area contributed by atoms with Gasteiger partial charge in [-0.05, 0) is 18.9 Å². The molecule has 9 heteroatoms. The second-order valence-electron chi connectivity index (χ2n) is 4.88. The number of rotatable bonds is 8. The van der Waals surface area contributed by atoms with Crippen molar-refractivity contribution < 1.29 is 13.3 Å². The van der Waals surface area contributed by atoms with E-state index < -0.39 is 26.7 Å². The summed E-state index contributed by atoms with van der Waals surface area (Å²) in [5, 5.41) is 11.0. The van der Waals surface area contributed by atoms with E-state index in [2.05, 4.69) is 4.72 Å². The number of hydrogen-bond acceptors (Lipinski definition) is 5. The Bertz CT molecular complexity index is 607. The minimum atomic E-state index is -3.98. The Morgan fingerprint density at radius 2 is 2.05 bits per heavy atom. The van der Waals surface area contributed by atoms with Crippen LogP contribution in [0.2, 0.25) is 0 Å². The SMILES string of the molecule is CCCCC(CN)NS(=O)(=O)c1c(C)cccc1[N+](=O)[O-].Cl. The summed E-state index contributed by atoms with van der Waals surface area (Å²) in [7, 11) is -3.98. The lowest BCUT2D eigenvalue weighted by molar-refractivity contribution is -0.387. The Hall–Kier alpha value is -1.22. The summed E-state index contributed by atoms with van der Waals surface area (Å²) in [5.74, 6) is 0. The van der Waals surface area contributed by atoms with Crippen LogP contribution in [0.1, 0.15) is 31.7 Å². The minimum Gasteiger partial charge on any atom is -0.329 e. The number of sulfonamides is 1. The molecule has 0 amide bonds. The van der Waals surface area contributed by atoms with Crippen molar-refractivity contribution in [2.75, 3.05) is 6.54 Å². The molecule has 22 heavy (non-hydrogen) atoms. The number of nitrogens with zero attached hydrogens (tertiary/aromatic N) is 1. The average molecular weight is 352 g/mol. The van der Waals surface area contributed by atoms with Crippen molar-refractivity contribution in [1.82, 2.24) is 4.72 Å². The zero-order valence-electron chi connectivity index (χ0n) is 12.6. The first-order chi connectivity index (χ1) is 9.83. The van der Waals surface area contributed by atoms with Gasteiger partial charge >= 0.3 is 0 Å². The number of hydrogen-bond donors (Lipinski definition) is 2. The largest absolute Gasteiger partial charge is 0.329 e. The Morgan fingerprint density at radius 1 is 1.41 bits per heavy atom. The summed E-state index contributed by atoms with van der Waals surface area (Å²) < 4.78 is 27.4. The van der Waals surface area contributed by atoms with Crippen LogP contribution >= 0.6 is 12.4 Å². The summed E-state index contributed by atoms with van der Waals surface area (Å²) in [5.41, 5.74) is 5.49. The van der Waals surface area contributed by atoms with E-state index in [9.17, 15) is 18.5 Å². The van der Waals surface area contributed by atoms with E-state index in [-0.39, 0.29) is 23.8 Å². The molecular weight excluding hydrogens is 330 g/mol. The first-order valence-electron chi connectivity index (χ1n) is 6.79. The molecule has 0 spiro atoms. The van der Waals surface area contributed by atoms with Crippen LogP contribution in [-0.2, 0) is 10.0 Å². The van der Waals surface area contributed by atoms with Crippen molar-refractivity contribution in [2.45, 2.75) is 44.0 Å². The van der Waals surface area contributed by atoms with Gasteiger partial charge < -0.3 is 5.73 Å². The van der Waals surface area contributed by atoms with Crippen LogP contribution in [0.4, 0.5) is 5.69 Å². The lowest BCUT2D eigenvalue weighted by Gasteiger charge is -2.17. The van der Waals surface area contributed by atoms with E-state index >= 15 is 0 Å². The molecule has 0 bridgehead atoms. The normalized spacial score (nSPS) is 12.5. The first-order valence-corrected chi connectivity index (χ1v) is 8.28. The predicted octanol–water partition coefficient (Wildman–Crippen LogP) is 2.12. The van der Waals surface area contributed by atoms with Gasteiger partial charge in [-0.2, -0.15) is 0 Å². The fraction of sp³-hybridized carbons (Fsp3) is 0.538. The molecule has 1 aromatic rings. The monoisotopic (exact) mass is 351 g/mol. The molecule has 1 atom stereocenters. The van der Waals surface area contributed by atoms with Gasteiger partial charge in [0.1, 0.15) is 0 Å². The summed E-state index contributed by atoms with van der Waals surface area (Å²) in [6.07, 6.45) is 2.36. The quantitative estimate of drug-likeness (QED) is 0.549. The van der Waals surface area contributed by atoms with Crippen LogP contribution in [0.15, 0.2) is 23.1 Å². The fourth-order valence-electron chi connectivity index (χ4n) is 2.08. The Kier molecular flexibility index (Phi) is 8.54. The summed E-state index contributed by atoms with van der Waals surface area (Å²) in [6.45, 7) is 3.68. The molecule has 3 N–H and O–H groups in total. The topological polar surface area (TPSA) is 115 Å². The van der Waals surface area contributed by atoms with Gasteiger partial charge in [0.2, 0.25) is 10.0 Å². The number of benzene rings is 1. The lowest BCUT2D eigenvalue weighted by atomic mass is 10.1. The molecule has 0 heterocycles. The van der Waals surface area contributed by atoms with E-state index in [0.717, 1.165) is 12.8 Å². The molecule has 1 unspecified atom stereocenters. The Balaban J connectivity index is 0.00000441. The third-order valence-electron chi connectivity index (χ3n) is 3.17. The highest BCUT2D eigenvalue weighted by molar-refractivity contribution is 7.89. The molecule has 7 nitrogen and oxygen atoms in total. The first kappa shape index (κ1) is 20.8. The average Bonchev–Trinajstić information content (AvgIpc) is 2.42. The molecule has 0 saturated heterocycles. The number of halogens is 1. The van der Waals surface area contributed by atoms with Crippen LogP contribution < -0.4 is 10.5 Å². The molecule has 0 aliphatic rings. The van der Waals surface area contributed by atoms with Crippen molar-refractivity contribution in [1.29, 1.82) is 0 Å². The van der Waals surface area contributed by atoms with Gasteiger partial charge in [-0.3, -0.25) is 10.1 Å². The van der Waals surface area contributed by atoms with Crippen molar-refractivity contribution in [3.05, 3.63) is 33.9 Å². The molecule has 0 aromatic heterocycles. The summed E-state index contributed by atoms with van der Waals surface area (Å²) >= 11 is 0. The predicted molar refractivity (Wildman–Crippen MR) is 87.8 cm³/mol. The molecule has 0 aliphatic heterocycles. The smallest absolute Gasteiger partial charge is 0.289 e. The Labute approximate surface area is 136 Å². The second-order valence-corrected chi connectivity index (χ2v) is 6.53. The minimum absolute atomic E-state index is 0.